The Morgan fingerprint density at radius 1 is 1.15 bits per heavy atom. The van der Waals surface area contributed by atoms with Crippen molar-refractivity contribution in [1.29, 1.82) is 0 Å². The Labute approximate surface area is 164 Å². The average Bonchev–Trinajstić information content (AvgIpc) is 2.63. The van der Waals surface area contributed by atoms with Gasteiger partial charge >= 0.3 is 6.09 Å². The highest BCUT2D eigenvalue weighted by Crippen LogP contribution is 2.24. The molecule has 0 N–H and O–H groups in total. The van der Waals surface area contributed by atoms with Gasteiger partial charge in [-0.2, -0.15) is 0 Å². The summed E-state index contributed by atoms with van der Waals surface area (Å²) in [5.74, 6) is -0.156. The first kappa shape index (κ1) is 21.0. The van der Waals surface area contributed by atoms with Crippen LogP contribution in [0.2, 0.25) is 5.02 Å². The third kappa shape index (κ3) is 5.60. The van der Waals surface area contributed by atoms with Crippen molar-refractivity contribution in [1.82, 2.24) is 9.80 Å². The summed E-state index contributed by atoms with van der Waals surface area (Å²) >= 11 is 5.98. The van der Waals surface area contributed by atoms with Crippen LogP contribution in [0.3, 0.4) is 0 Å². The number of rotatable bonds is 5. The molecule has 0 aromatic heterocycles. The van der Waals surface area contributed by atoms with Gasteiger partial charge in [0.05, 0.1) is 6.61 Å². The Hall–Kier alpha value is -2.28. The molecule has 148 valence electrons. The lowest BCUT2D eigenvalue weighted by molar-refractivity contribution is -0.132. The molecule has 7 nitrogen and oxygen atoms in total. The molecule has 0 unspecified atom stereocenters. The Bertz CT molecular complexity index is 702. The Kier molecular flexibility index (Phi) is 7.47. The molecular weight excluding hydrogens is 370 g/mol. The van der Waals surface area contributed by atoms with Crippen LogP contribution in [-0.2, 0) is 14.3 Å². The molecule has 0 spiro atoms. The second kappa shape index (κ2) is 9.60. The normalized spacial score (nSPS) is 14.1. The predicted molar refractivity (Wildman–Crippen MR) is 104 cm³/mol. The molecule has 27 heavy (non-hydrogen) atoms. The van der Waals surface area contributed by atoms with Gasteiger partial charge in [-0.3, -0.25) is 9.59 Å². The van der Waals surface area contributed by atoms with Crippen LogP contribution < -0.4 is 4.90 Å². The molecule has 0 radical (unpaired) electrons. The fourth-order valence-electron chi connectivity index (χ4n) is 3.09. The third-order valence-electron chi connectivity index (χ3n) is 4.54. The van der Waals surface area contributed by atoms with Gasteiger partial charge < -0.3 is 19.4 Å². The smallest absolute Gasteiger partial charge is 0.409 e. The number of carbonyl (C=O) groups is 3. The molecule has 3 amide bonds. The standard InChI is InChI=1S/C19H26ClN3O4/c1-4-27-19(26)22-11-9-21(10-12-22)18(25)7-8-23(15(3)24)17-6-5-16(20)13-14(17)2/h5-6,13H,4,7-12H2,1-3H3. The van der Waals surface area contributed by atoms with Crippen LogP contribution in [0.4, 0.5) is 10.5 Å². The van der Waals surface area contributed by atoms with Gasteiger partial charge in [-0.05, 0) is 37.6 Å². The van der Waals surface area contributed by atoms with E-state index in [1.165, 1.54) is 6.92 Å². The number of ether oxygens (including phenoxy) is 1. The number of piperazine rings is 1. The quantitative estimate of drug-likeness (QED) is 0.768. The zero-order valence-corrected chi connectivity index (χ0v) is 16.8. The Balaban J connectivity index is 1.91. The van der Waals surface area contributed by atoms with Crippen molar-refractivity contribution in [2.45, 2.75) is 27.2 Å². The monoisotopic (exact) mass is 395 g/mol. The minimum atomic E-state index is -0.342. The molecule has 1 aliphatic heterocycles. The van der Waals surface area contributed by atoms with Crippen LogP contribution in [0, 0.1) is 6.92 Å². The second-order valence-corrected chi connectivity index (χ2v) is 6.85. The zero-order chi connectivity index (χ0) is 20.0. The zero-order valence-electron chi connectivity index (χ0n) is 16.0. The number of benzene rings is 1. The maximum absolute atomic E-state index is 12.5. The van der Waals surface area contributed by atoms with Crippen LogP contribution in [0.15, 0.2) is 18.2 Å². The summed E-state index contributed by atoms with van der Waals surface area (Å²) < 4.78 is 4.98. The SMILES string of the molecule is CCOC(=O)N1CCN(C(=O)CCN(C(C)=O)c2ccc(Cl)cc2C)CC1. The first-order valence-corrected chi connectivity index (χ1v) is 9.45. The summed E-state index contributed by atoms with van der Waals surface area (Å²) in [4.78, 5) is 41.2. The van der Waals surface area contributed by atoms with E-state index in [9.17, 15) is 14.4 Å². The molecule has 1 aromatic carbocycles. The van der Waals surface area contributed by atoms with Crippen molar-refractivity contribution in [3.05, 3.63) is 28.8 Å². The van der Waals surface area contributed by atoms with Crippen LogP contribution in [-0.4, -0.2) is 67.0 Å². The summed E-state index contributed by atoms with van der Waals surface area (Å²) in [7, 11) is 0. The molecule has 0 atom stereocenters. The van der Waals surface area contributed by atoms with Crippen molar-refractivity contribution in [3.8, 4) is 0 Å². The van der Waals surface area contributed by atoms with E-state index in [2.05, 4.69) is 0 Å². The van der Waals surface area contributed by atoms with E-state index in [4.69, 9.17) is 16.3 Å². The largest absolute Gasteiger partial charge is 0.450 e. The van der Waals surface area contributed by atoms with Crippen LogP contribution in [0.25, 0.3) is 0 Å². The van der Waals surface area contributed by atoms with Gasteiger partial charge in [0.1, 0.15) is 0 Å². The summed E-state index contributed by atoms with van der Waals surface area (Å²) in [6.07, 6.45) is -0.119. The Morgan fingerprint density at radius 3 is 2.33 bits per heavy atom. The van der Waals surface area contributed by atoms with Gasteiger partial charge in [-0.15, -0.1) is 0 Å². The molecule has 1 aromatic rings. The van der Waals surface area contributed by atoms with E-state index in [1.54, 1.807) is 39.8 Å². The molecule has 0 saturated carbocycles. The summed E-state index contributed by atoms with van der Waals surface area (Å²) in [6, 6.07) is 5.32. The molecule has 0 aliphatic carbocycles. The van der Waals surface area contributed by atoms with Gasteiger partial charge in [0.15, 0.2) is 0 Å². The lowest BCUT2D eigenvalue weighted by Gasteiger charge is -2.34. The lowest BCUT2D eigenvalue weighted by Crippen LogP contribution is -2.51. The number of amides is 3. The highest BCUT2D eigenvalue weighted by Gasteiger charge is 2.25. The third-order valence-corrected chi connectivity index (χ3v) is 4.77. The van der Waals surface area contributed by atoms with Crippen LogP contribution in [0.1, 0.15) is 25.8 Å². The average molecular weight is 396 g/mol. The van der Waals surface area contributed by atoms with Crippen molar-refractivity contribution < 1.29 is 19.1 Å². The fraction of sp³-hybridized carbons (Fsp3) is 0.526. The van der Waals surface area contributed by atoms with Gasteiger partial charge in [-0.1, -0.05) is 11.6 Å². The lowest BCUT2D eigenvalue weighted by atomic mass is 10.1. The second-order valence-electron chi connectivity index (χ2n) is 6.42. The number of aryl methyl sites for hydroxylation is 1. The van der Waals surface area contributed by atoms with Gasteiger partial charge in [-0.25, -0.2) is 4.79 Å². The van der Waals surface area contributed by atoms with E-state index in [0.29, 0.717) is 44.4 Å². The molecule has 1 saturated heterocycles. The fourth-order valence-corrected chi connectivity index (χ4v) is 3.31. The number of hydrogen-bond donors (Lipinski definition) is 0. The van der Waals surface area contributed by atoms with Crippen molar-refractivity contribution >= 4 is 35.2 Å². The minimum absolute atomic E-state index is 0.0311. The maximum atomic E-state index is 12.5. The molecular formula is C19H26ClN3O4. The number of carbonyl (C=O) groups excluding carboxylic acids is 3. The van der Waals surface area contributed by atoms with Gasteiger partial charge in [0.25, 0.3) is 0 Å². The summed E-state index contributed by atoms with van der Waals surface area (Å²) in [5, 5.41) is 0.607. The highest BCUT2D eigenvalue weighted by molar-refractivity contribution is 6.30. The summed E-state index contributed by atoms with van der Waals surface area (Å²) in [6.45, 7) is 7.62. The van der Waals surface area contributed by atoms with Gasteiger partial charge in [0, 0.05) is 56.8 Å². The van der Waals surface area contributed by atoms with Crippen molar-refractivity contribution in [2.24, 2.45) is 0 Å². The number of halogens is 1. The Morgan fingerprint density at radius 2 is 1.78 bits per heavy atom. The molecule has 0 bridgehead atoms. The van der Waals surface area contributed by atoms with Gasteiger partial charge in [0.2, 0.25) is 11.8 Å². The topological polar surface area (TPSA) is 70.2 Å². The number of anilines is 1. The van der Waals surface area contributed by atoms with E-state index >= 15 is 0 Å². The van der Waals surface area contributed by atoms with E-state index in [-0.39, 0.29) is 24.3 Å². The molecule has 8 heteroatoms. The predicted octanol–water partition coefficient (Wildman–Crippen LogP) is 2.69. The highest BCUT2D eigenvalue weighted by atomic mass is 35.5. The van der Waals surface area contributed by atoms with Crippen molar-refractivity contribution in [2.75, 3.05) is 44.2 Å². The molecule has 1 fully saturated rings. The van der Waals surface area contributed by atoms with E-state index in [0.717, 1.165) is 11.3 Å². The first-order chi connectivity index (χ1) is 12.8. The van der Waals surface area contributed by atoms with Crippen LogP contribution in [0.5, 0.6) is 0 Å². The van der Waals surface area contributed by atoms with Crippen molar-refractivity contribution in [3.63, 3.8) is 0 Å². The minimum Gasteiger partial charge on any atom is -0.450 e. The van der Waals surface area contributed by atoms with E-state index in [1.807, 2.05) is 6.92 Å². The summed E-state index contributed by atoms with van der Waals surface area (Å²) in [5.41, 5.74) is 1.64. The maximum Gasteiger partial charge on any atom is 0.409 e. The number of nitrogens with zero attached hydrogens (tertiary/aromatic N) is 3. The molecule has 2 rings (SSSR count). The van der Waals surface area contributed by atoms with E-state index < -0.39 is 0 Å². The van der Waals surface area contributed by atoms with Crippen LogP contribution >= 0.6 is 11.6 Å². The first-order valence-electron chi connectivity index (χ1n) is 9.07. The molecule has 1 aliphatic rings. The number of hydrogen-bond acceptors (Lipinski definition) is 4. The molecule has 1 heterocycles.